The lowest BCUT2D eigenvalue weighted by Crippen LogP contribution is -2.31. The quantitative estimate of drug-likeness (QED) is 0.825. The van der Waals surface area contributed by atoms with Gasteiger partial charge in [-0.3, -0.25) is 0 Å². The average molecular weight is 306 g/mol. The van der Waals surface area contributed by atoms with Crippen LogP contribution in [0, 0.1) is 11.7 Å². The van der Waals surface area contributed by atoms with E-state index in [9.17, 15) is 4.39 Å². The summed E-state index contributed by atoms with van der Waals surface area (Å²) in [5.41, 5.74) is 1.95. The zero-order chi connectivity index (χ0) is 14.7. The highest BCUT2D eigenvalue weighted by Gasteiger charge is 2.30. The predicted molar refractivity (Wildman–Crippen MR) is 82.6 cm³/mol. The molecular weight excluding hydrogens is 287 g/mol. The highest BCUT2D eigenvalue weighted by Crippen LogP contribution is 2.34. The van der Waals surface area contributed by atoms with E-state index in [1.54, 1.807) is 23.5 Å². The summed E-state index contributed by atoms with van der Waals surface area (Å²) in [5.74, 6) is 0.487. The summed E-state index contributed by atoms with van der Waals surface area (Å²) in [6.07, 6.45) is 3.32. The van der Waals surface area contributed by atoms with Crippen molar-refractivity contribution in [3.05, 3.63) is 41.2 Å². The van der Waals surface area contributed by atoms with Crippen molar-refractivity contribution in [3.8, 4) is 10.6 Å². The van der Waals surface area contributed by atoms with E-state index in [-0.39, 0.29) is 12.4 Å². The molecule has 2 N–H and O–H groups in total. The van der Waals surface area contributed by atoms with Gasteiger partial charge in [0.2, 0.25) is 0 Å². The summed E-state index contributed by atoms with van der Waals surface area (Å²) in [5, 5.41) is 15.5. The molecule has 1 atom stereocenters. The van der Waals surface area contributed by atoms with Gasteiger partial charge in [-0.2, -0.15) is 0 Å². The molecule has 1 saturated carbocycles. The van der Waals surface area contributed by atoms with Gasteiger partial charge in [0.15, 0.2) is 0 Å². The van der Waals surface area contributed by atoms with Crippen LogP contribution in [-0.2, 0) is 6.54 Å². The van der Waals surface area contributed by atoms with Gasteiger partial charge < -0.3 is 10.4 Å². The zero-order valence-electron chi connectivity index (χ0n) is 11.8. The van der Waals surface area contributed by atoms with Crippen LogP contribution in [0.4, 0.5) is 4.39 Å². The summed E-state index contributed by atoms with van der Waals surface area (Å²) in [6, 6.07) is 6.82. The Labute approximate surface area is 127 Å². The Morgan fingerprint density at radius 3 is 2.76 bits per heavy atom. The molecule has 2 aromatic rings. The fourth-order valence-electron chi connectivity index (χ4n) is 2.49. The second-order valence-electron chi connectivity index (χ2n) is 5.49. The van der Waals surface area contributed by atoms with Crippen molar-refractivity contribution in [2.75, 3.05) is 6.61 Å². The van der Waals surface area contributed by atoms with Crippen LogP contribution in [-0.4, -0.2) is 22.7 Å². The Morgan fingerprint density at radius 1 is 1.33 bits per heavy atom. The van der Waals surface area contributed by atoms with Crippen LogP contribution in [0.3, 0.4) is 0 Å². The van der Waals surface area contributed by atoms with Gasteiger partial charge in [0.1, 0.15) is 10.8 Å². The van der Waals surface area contributed by atoms with Crippen LogP contribution >= 0.6 is 11.3 Å². The topological polar surface area (TPSA) is 45.1 Å². The number of aliphatic hydroxyl groups excluding tert-OH is 1. The highest BCUT2D eigenvalue weighted by atomic mass is 32.1. The first-order valence-electron chi connectivity index (χ1n) is 7.31. The van der Waals surface area contributed by atoms with E-state index in [0.29, 0.717) is 12.0 Å². The Morgan fingerprint density at radius 2 is 2.10 bits per heavy atom. The Kier molecular flexibility index (Phi) is 4.63. The van der Waals surface area contributed by atoms with E-state index in [4.69, 9.17) is 5.11 Å². The molecule has 1 aromatic heterocycles. The standard InChI is InChI=1S/C16H19FN2OS/c17-13-5-3-12(4-6-13)16-19-14(10-21-16)9-18-15(7-8-20)11-1-2-11/h3-6,10-11,15,18,20H,1-2,7-9H2. The number of benzene rings is 1. The van der Waals surface area contributed by atoms with E-state index in [2.05, 4.69) is 10.3 Å². The first-order valence-corrected chi connectivity index (χ1v) is 8.19. The maximum atomic E-state index is 12.9. The molecule has 3 rings (SSSR count). The van der Waals surface area contributed by atoms with Crippen molar-refractivity contribution < 1.29 is 9.50 Å². The normalized spacial score (nSPS) is 16.1. The second kappa shape index (κ2) is 6.64. The maximum absolute atomic E-state index is 12.9. The van der Waals surface area contributed by atoms with E-state index in [1.807, 2.05) is 5.38 Å². The zero-order valence-corrected chi connectivity index (χ0v) is 12.6. The van der Waals surface area contributed by atoms with Gasteiger partial charge in [-0.25, -0.2) is 9.37 Å². The largest absolute Gasteiger partial charge is 0.396 e. The first-order chi connectivity index (χ1) is 10.3. The number of aliphatic hydroxyl groups is 1. The highest BCUT2D eigenvalue weighted by molar-refractivity contribution is 7.13. The second-order valence-corrected chi connectivity index (χ2v) is 6.35. The molecule has 0 amide bonds. The number of hydrogen-bond acceptors (Lipinski definition) is 4. The SMILES string of the molecule is OCCC(NCc1csc(-c2ccc(F)cc2)n1)C1CC1. The number of nitrogens with one attached hydrogen (secondary N) is 1. The number of thiazole rings is 1. The van der Waals surface area contributed by atoms with Crippen molar-refractivity contribution in [2.24, 2.45) is 5.92 Å². The van der Waals surface area contributed by atoms with Crippen LogP contribution < -0.4 is 5.32 Å². The average Bonchev–Trinajstić information content (AvgIpc) is 3.23. The third-order valence-corrected chi connectivity index (χ3v) is 4.76. The van der Waals surface area contributed by atoms with Gasteiger partial charge in [0.05, 0.1) is 5.69 Å². The van der Waals surface area contributed by atoms with Crippen molar-refractivity contribution in [2.45, 2.75) is 31.8 Å². The molecule has 21 heavy (non-hydrogen) atoms. The molecule has 1 aliphatic rings. The Balaban J connectivity index is 1.60. The van der Waals surface area contributed by atoms with Crippen molar-refractivity contribution in [3.63, 3.8) is 0 Å². The lowest BCUT2D eigenvalue weighted by molar-refractivity contribution is 0.255. The molecule has 1 aromatic carbocycles. The van der Waals surface area contributed by atoms with Crippen molar-refractivity contribution in [1.29, 1.82) is 0 Å². The fraction of sp³-hybridized carbons (Fsp3) is 0.438. The number of nitrogens with zero attached hydrogens (tertiary/aromatic N) is 1. The smallest absolute Gasteiger partial charge is 0.123 e. The molecule has 3 nitrogen and oxygen atoms in total. The van der Waals surface area contributed by atoms with Crippen LogP contribution in [0.1, 0.15) is 25.0 Å². The number of aromatic nitrogens is 1. The van der Waals surface area contributed by atoms with Gasteiger partial charge in [0.25, 0.3) is 0 Å². The molecule has 1 heterocycles. The van der Waals surface area contributed by atoms with Crippen LogP contribution in [0.25, 0.3) is 10.6 Å². The minimum absolute atomic E-state index is 0.228. The molecule has 0 bridgehead atoms. The van der Waals surface area contributed by atoms with Gasteiger partial charge >= 0.3 is 0 Å². The van der Waals surface area contributed by atoms with Crippen LogP contribution in [0.15, 0.2) is 29.6 Å². The van der Waals surface area contributed by atoms with Crippen LogP contribution in [0.5, 0.6) is 0 Å². The fourth-order valence-corrected chi connectivity index (χ4v) is 3.32. The molecular formula is C16H19FN2OS. The summed E-state index contributed by atoms with van der Waals surface area (Å²) in [6.45, 7) is 0.949. The van der Waals surface area contributed by atoms with Crippen molar-refractivity contribution in [1.82, 2.24) is 10.3 Å². The molecule has 0 aliphatic heterocycles. The number of hydrogen-bond donors (Lipinski definition) is 2. The third-order valence-electron chi connectivity index (χ3n) is 3.82. The molecule has 112 valence electrons. The van der Waals surface area contributed by atoms with Gasteiger partial charge in [-0.05, 0) is 49.4 Å². The minimum Gasteiger partial charge on any atom is -0.396 e. The summed E-state index contributed by atoms with van der Waals surface area (Å²) in [4.78, 5) is 4.59. The maximum Gasteiger partial charge on any atom is 0.123 e. The third kappa shape index (κ3) is 3.87. The number of rotatable bonds is 7. The first kappa shape index (κ1) is 14.6. The van der Waals surface area contributed by atoms with Crippen LogP contribution in [0.2, 0.25) is 0 Å². The van der Waals surface area contributed by atoms with E-state index >= 15 is 0 Å². The lowest BCUT2D eigenvalue weighted by Gasteiger charge is -2.16. The van der Waals surface area contributed by atoms with Gasteiger partial charge in [-0.15, -0.1) is 11.3 Å². The van der Waals surface area contributed by atoms with E-state index in [1.165, 1.54) is 25.0 Å². The summed E-state index contributed by atoms with van der Waals surface area (Å²) < 4.78 is 12.9. The Bertz CT molecular complexity index is 580. The molecule has 0 saturated heterocycles. The van der Waals surface area contributed by atoms with E-state index in [0.717, 1.165) is 29.2 Å². The van der Waals surface area contributed by atoms with Gasteiger partial charge in [-0.1, -0.05) is 0 Å². The molecule has 0 spiro atoms. The predicted octanol–water partition coefficient (Wildman–Crippen LogP) is 3.20. The Hall–Kier alpha value is -1.30. The molecule has 1 aliphatic carbocycles. The molecule has 0 radical (unpaired) electrons. The number of halogens is 1. The van der Waals surface area contributed by atoms with Gasteiger partial charge in [0, 0.05) is 30.1 Å². The van der Waals surface area contributed by atoms with Crippen molar-refractivity contribution >= 4 is 11.3 Å². The molecule has 1 unspecified atom stereocenters. The monoisotopic (exact) mass is 306 g/mol. The summed E-state index contributed by atoms with van der Waals surface area (Å²) in [7, 11) is 0. The van der Waals surface area contributed by atoms with E-state index < -0.39 is 0 Å². The lowest BCUT2D eigenvalue weighted by atomic mass is 10.1. The molecule has 5 heteroatoms. The summed E-state index contributed by atoms with van der Waals surface area (Å²) >= 11 is 1.57. The molecule has 1 fully saturated rings. The minimum atomic E-state index is -0.228.